The van der Waals surface area contributed by atoms with Crippen LogP contribution in [0.1, 0.15) is 15.2 Å². The Hall–Kier alpha value is -1.33. The summed E-state index contributed by atoms with van der Waals surface area (Å²) in [5, 5.41) is 14.7. The lowest BCUT2D eigenvalue weighted by Gasteiger charge is -2.03. The standard InChI is InChI=1S/C11H10O3S2/c12-11(13)10-9(3-6-16-10)14-4-1-8-2-5-15-7-8/h2-3,5-7H,1,4H2,(H,12,13). The predicted molar refractivity (Wildman–Crippen MR) is 64.8 cm³/mol. The number of carbonyl (C=O) groups is 1. The summed E-state index contributed by atoms with van der Waals surface area (Å²) in [7, 11) is 0. The smallest absolute Gasteiger partial charge is 0.349 e. The topological polar surface area (TPSA) is 46.5 Å². The summed E-state index contributed by atoms with van der Waals surface area (Å²) in [6, 6.07) is 3.74. The molecule has 16 heavy (non-hydrogen) atoms. The van der Waals surface area contributed by atoms with Crippen molar-refractivity contribution < 1.29 is 14.6 Å². The number of hydrogen-bond donors (Lipinski definition) is 1. The number of ether oxygens (including phenoxy) is 1. The molecule has 3 nitrogen and oxygen atoms in total. The van der Waals surface area contributed by atoms with E-state index >= 15 is 0 Å². The zero-order chi connectivity index (χ0) is 11.4. The molecule has 0 fully saturated rings. The molecule has 0 aromatic carbocycles. The van der Waals surface area contributed by atoms with Crippen LogP contribution in [0.15, 0.2) is 28.3 Å². The van der Waals surface area contributed by atoms with Crippen LogP contribution >= 0.6 is 22.7 Å². The second-order valence-corrected chi connectivity index (χ2v) is 4.85. The summed E-state index contributed by atoms with van der Waals surface area (Å²) in [4.78, 5) is 11.1. The van der Waals surface area contributed by atoms with Crippen LogP contribution in [0.5, 0.6) is 5.75 Å². The number of rotatable bonds is 5. The van der Waals surface area contributed by atoms with E-state index in [2.05, 4.69) is 5.38 Å². The van der Waals surface area contributed by atoms with Gasteiger partial charge in [-0.3, -0.25) is 0 Å². The van der Waals surface area contributed by atoms with Gasteiger partial charge in [-0.1, -0.05) is 0 Å². The van der Waals surface area contributed by atoms with E-state index in [1.54, 1.807) is 22.8 Å². The number of aromatic carboxylic acids is 1. The molecular weight excluding hydrogens is 244 g/mol. The fourth-order valence-electron chi connectivity index (χ4n) is 1.28. The lowest BCUT2D eigenvalue weighted by molar-refractivity contribution is 0.0698. The van der Waals surface area contributed by atoms with Gasteiger partial charge in [-0.2, -0.15) is 11.3 Å². The Morgan fingerprint density at radius 2 is 2.25 bits per heavy atom. The van der Waals surface area contributed by atoms with Crippen molar-refractivity contribution in [3.8, 4) is 5.75 Å². The highest BCUT2D eigenvalue weighted by Crippen LogP contribution is 2.24. The molecule has 0 unspecified atom stereocenters. The molecule has 2 heterocycles. The van der Waals surface area contributed by atoms with Crippen molar-refractivity contribution in [3.63, 3.8) is 0 Å². The van der Waals surface area contributed by atoms with E-state index in [1.807, 2.05) is 11.4 Å². The molecule has 84 valence electrons. The molecule has 0 amide bonds. The molecule has 0 aliphatic carbocycles. The quantitative estimate of drug-likeness (QED) is 0.891. The van der Waals surface area contributed by atoms with Crippen LogP contribution in [0, 0.1) is 0 Å². The van der Waals surface area contributed by atoms with Crippen molar-refractivity contribution in [2.24, 2.45) is 0 Å². The molecule has 2 rings (SSSR count). The van der Waals surface area contributed by atoms with Gasteiger partial charge in [-0.15, -0.1) is 11.3 Å². The molecule has 0 saturated carbocycles. The Morgan fingerprint density at radius 3 is 2.94 bits per heavy atom. The van der Waals surface area contributed by atoms with Crippen LogP contribution in [-0.4, -0.2) is 17.7 Å². The van der Waals surface area contributed by atoms with E-state index in [1.165, 1.54) is 16.9 Å². The van der Waals surface area contributed by atoms with Crippen LogP contribution < -0.4 is 4.74 Å². The van der Waals surface area contributed by atoms with Gasteiger partial charge in [-0.25, -0.2) is 4.79 Å². The molecule has 0 saturated heterocycles. The Bertz CT molecular complexity index is 459. The van der Waals surface area contributed by atoms with E-state index in [0.717, 1.165) is 6.42 Å². The van der Waals surface area contributed by atoms with Crippen LogP contribution in [0.2, 0.25) is 0 Å². The molecule has 0 radical (unpaired) electrons. The molecule has 0 aliphatic heterocycles. The monoisotopic (exact) mass is 254 g/mol. The van der Waals surface area contributed by atoms with Crippen molar-refractivity contribution in [1.29, 1.82) is 0 Å². The van der Waals surface area contributed by atoms with Gasteiger partial charge in [0.2, 0.25) is 0 Å². The molecule has 5 heteroatoms. The third kappa shape index (κ3) is 2.62. The molecular formula is C11H10O3S2. The number of carboxylic acid groups (broad SMARTS) is 1. The van der Waals surface area contributed by atoms with Gasteiger partial charge < -0.3 is 9.84 Å². The van der Waals surface area contributed by atoms with Gasteiger partial charge in [0, 0.05) is 6.42 Å². The van der Waals surface area contributed by atoms with Crippen LogP contribution in [-0.2, 0) is 6.42 Å². The summed E-state index contributed by atoms with van der Waals surface area (Å²) in [5.74, 6) is -0.465. The maximum absolute atomic E-state index is 10.8. The largest absolute Gasteiger partial charge is 0.491 e. The van der Waals surface area contributed by atoms with Crippen molar-refractivity contribution in [2.75, 3.05) is 6.61 Å². The third-order valence-corrected chi connectivity index (χ3v) is 3.67. The number of hydrogen-bond acceptors (Lipinski definition) is 4. The Balaban J connectivity index is 1.90. The minimum atomic E-state index is -0.930. The summed E-state index contributed by atoms with van der Waals surface area (Å²) < 4.78 is 5.45. The van der Waals surface area contributed by atoms with Gasteiger partial charge in [0.05, 0.1) is 6.61 Å². The first-order chi connectivity index (χ1) is 7.77. The molecule has 1 N–H and O–H groups in total. The third-order valence-electron chi connectivity index (χ3n) is 2.05. The first-order valence-electron chi connectivity index (χ1n) is 4.72. The first kappa shape index (κ1) is 11.2. The average Bonchev–Trinajstić information content (AvgIpc) is 2.87. The van der Waals surface area contributed by atoms with E-state index in [-0.39, 0.29) is 4.88 Å². The van der Waals surface area contributed by atoms with Gasteiger partial charge in [0.15, 0.2) is 4.88 Å². The highest BCUT2D eigenvalue weighted by Gasteiger charge is 2.12. The predicted octanol–water partition coefficient (Wildman–Crippen LogP) is 3.13. The van der Waals surface area contributed by atoms with Gasteiger partial charge in [0.25, 0.3) is 0 Å². The highest BCUT2D eigenvalue weighted by molar-refractivity contribution is 7.12. The van der Waals surface area contributed by atoms with Gasteiger partial charge >= 0.3 is 5.97 Å². The summed E-state index contributed by atoms with van der Waals surface area (Å²) in [6.07, 6.45) is 0.804. The maximum atomic E-state index is 10.8. The molecule has 0 atom stereocenters. The fraction of sp³-hybridized carbons (Fsp3) is 0.182. The lowest BCUT2D eigenvalue weighted by atomic mass is 10.2. The normalized spacial score (nSPS) is 10.2. The summed E-state index contributed by atoms with van der Waals surface area (Å²) >= 11 is 2.83. The fourth-order valence-corrected chi connectivity index (χ4v) is 2.66. The molecule has 0 bridgehead atoms. The van der Waals surface area contributed by atoms with Crippen LogP contribution in [0.3, 0.4) is 0 Å². The van der Waals surface area contributed by atoms with Gasteiger partial charge in [0.1, 0.15) is 5.75 Å². The van der Waals surface area contributed by atoms with Crippen molar-refractivity contribution in [3.05, 3.63) is 38.7 Å². The summed E-state index contributed by atoms with van der Waals surface area (Å²) in [6.45, 7) is 0.508. The first-order valence-corrected chi connectivity index (χ1v) is 6.54. The van der Waals surface area contributed by atoms with Crippen molar-refractivity contribution in [2.45, 2.75) is 6.42 Å². The van der Waals surface area contributed by atoms with E-state index in [0.29, 0.717) is 12.4 Å². The SMILES string of the molecule is O=C(O)c1sccc1OCCc1ccsc1. The van der Waals surface area contributed by atoms with E-state index < -0.39 is 5.97 Å². The lowest BCUT2D eigenvalue weighted by Crippen LogP contribution is -2.03. The van der Waals surface area contributed by atoms with E-state index in [9.17, 15) is 4.79 Å². The molecule has 0 aliphatic rings. The van der Waals surface area contributed by atoms with Crippen molar-refractivity contribution in [1.82, 2.24) is 0 Å². The molecule has 2 aromatic heterocycles. The molecule has 2 aromatic rings. The average molecular weight is 254 g/mol. The Labute approximate surface area is 101 Å². The second kappa shape index (κ2) is 5.14. The number of carboxylic acids is 1. The second-order valence-electron chi connectivity index (χ2n) is 3.15. The molecule has 0 spiro atoms. The minimum absolute atomic E-state index is 0.269. The minimum Gasteiger partial charge on any atom is -0.491 e. The van der Waals surface area contributed by atoms with Crippen molar-refractivity contribution >= 4 is 28.6 Å². The number of thiophene rings is 2. The van der Waals surface area contributed by atoms with Gasteiger partial charge in [-0.05, 0) is 33.8 Å². The Morgan fingerprint density at radius 1 is 1.38 bits per heavy atom. The van der Waals surface area contributed by atoms with Crippen LogP contribution in [0.4, 0.5) is 0 Å². The maximum Gasteiger partial charge on any atom is 0.349 e. The van der Waals surface area contributed by atoms with E-state index in [4.69, 9.17) is 9.84 Å². The zero-order valence-corrected chi connectivity index (χ0v) is 10.0. The highest BCUT2D eigenvalue weighted by atomic mass is 32.1. The zero-order valence-electron chi connectivity index (χ0n) is 8.38. The Kier molecular flexibility index (Phi) is 3.58. The van der Waals surface area contributed by atoms with Crippen LogP contribution in [0.25, 0.3) is 0 Å². The summed E-state index contributed by atoms with van der Waals surface area (Å²) in [5.41, 5.74) is 1.22.